The number of nitrogens with one attached hydrogen (secondary N) is 1. The highest BCUT2D eigenvalue weighted by Gasteiger charge is 2.24. The summed E-state index contributed by atoms with van der Waals surface area (Å²) in [5, 5.41) is 3.15. The highest BCUT2D eigenvalue weighted by atomic mass is 16.1. The van der Waals surface area contributed by atoms with E-state index in [4.69, 9.17) is 4.98 Å². The molecule has 0 bridgehead atoms. The lowest BCUT2D eigenvalue weighted by Crippen LogP contribution is -2.32. The Labute approximate surface area is 137 Å². The van der Waals surface area contributed by atoms with Crippen molar-refractivity contribution in [1.29, 1.82) is 0 Å². The molecule has 1 N–H and O–H groups in total. The van der Waals surface area contributed by atoms with Crippen LogP contribution in [-0.2, 0) is 11.2 Å². The third kappa shape index (κ3) is 3.76. The normalized spacial score (nSPS) is 16.9. The number of hydrogen-bond acceptors (Lipinski definition) is 3. The maximum absolute atomic E-state index is 12.1. The van der Waals surface area contributed by atoms with Gasteiger partial charge >= 0.3 is 0 Å². The summed E-state index contributed by atoms with van der Waals surface area (Å²) in [7, 11) is 0. The molecule has 0 radical (unpaired) electrons. The van der Waals surface area contributed by atoms with Crippen LogP contribution in [0.3, 0.4) is 0 Å². The molecule has 120 valence electrons. The highest BCUT2D eigenvalue weighted by Crippen LogP contribution is 2.29. The molecule has 1 atom stereocenters. The van der Waals surface area contributed by atoms with Crippen LogP contribution in [0.4, 0.5) is 0 Å². The molecule has 4 heteroatoms. The van der Waals surface area contributed by atoms with Gasteiger partial charge in [0.25, 0.3) is 0 Å². The summed E-state index contributed by atoms with van der Waals surface area (Å²) in [5.41, 5.74) is 3.18. The summed E-state index contributed by atoms with van der Waals surface area (Å²) in [6.45, 7) is 4.12. The number of hydrogen-bond donors (Lipinski definition) is 1. The van der Waals surface area contributed by atoms with Gasteiger partial charge in [0.1, 0.15) is 0 Å². The van der Waals surface area contributed by atoms with Crippen LogP contribution in [0.5, 0.6) is 0 Å². The topological polar surface area (TPSA) is 54.9 Å². The molecule has 1 heterocycles. The standard InChI is InChI=1S/C19H23N3O/c1-13(2)11-18(23)21-16-9-6-10-17-15(16)12-20-19(22-17)14-7-4-3-5-8-14/h3-5,7-8,12-13,16H,6,9-11H2,1-2H3,(H,21,23)/t16-/m1/s1. The monoisotopic (exact) mass is 309 g/mol. The third-order valence-corrected chi connectivity index (χ3v) is 4.14. The second-order valence-electron chi connectivity index (χ2n) is 6.57. The SMILES string of the molecule is CC(C)CC(=O)N[C@@H]1CCCc2nc(-c3ccccc3)ncc21. The number of carbonyl (C=O) groups is 1. The number of nitrogens with zero attached hydrogens (tertiary/aromatic N) is 2. The van der Waals surface area contributed by atoms with E-state index in [1.54, 1.807) is 0 Å². The molecule has 23 heavy (non-hydrogen) atoms. The molecule has 0 spiro atoms. The van der Waals surface area contributed by atoms with Crippen LogP contribution in [0.25, 0.3) is 11.4 Å². The van der Waals surface area contributed by atoms with Crippen LogP contribution in [0.15, 0.2) is 36.5 Å². The molecule has 4 nitrogen and oxygen atoms in total. The van der Waals surface area contributed by atoms with Crippen molar-refractivity contribution in [2.75, 3.05) is 0 Å². The predicted molar refractivity (Wildman–Crippen MR) is 90.7 cm³/mol. The lowest BCUT2D eigenvalue weighted by Gasteiger charge is -2.26. The lowest BCUT2D eigenvalue weighted by atomic mass is 9.92. The van der Waals surface area contributed by atoms with E-state index in [-0.39, 0.29) is 11.9 Å². The molecule has 0 saturated heterocycles. The van der Waals surface area contributed by atoms with E-state index >= 15 is 0 Å². The molecule has 1 aliphatic rings. The molecule has 0 aliphatic heterocycles. The first kappa shape index (κ1) is 15.7. The molecule has 0 fully saturated rings. The number of fused-ring (bicyclic) bond motifs is 1. The first-order chi connectivity index (χ1) is 11.1. The van der Waals surface area contributed by atoms with Gasteiger partial charge in [0, 0.05) is 29.4 Å². The van der Waals surface area contributed by atoms with E-state index in [2.05, 4.69) is 24.1 Å². The highest BCUT2D eigenvalue weighted by molar-refractivity contribution is 5.76. The number of aromatic nitrogens is 2. The maximum atomic E-state index is 12.1. The van der Waals surface area contributed by atoms with Crippen LogP contribution < -0.4 is 5.32 Å². The minimum atomic E-state index is 0.0508. The third-order valence-electron chi connectivity index (χ3n) is 4.14. The van der Waals surface area contributed by atoms with E-state index in [9.17, 15) is 4.79 Å². The molecule has 3 rings (SSSR count). The number of carbonyl (C=O) groups excluding carboxylic acids is 1. The first-order valence-corrected chi connectivity index (χ1v) is 8.34. The van der Waals surface area contributed by atoms with E-state index in [0.717, 1.165) is 41.9 Å². The molecule has 1 aliphatic carbocycles. The fourth-order valence-electron chi connectivity index (χ4n) is 3.05. The average molecular weight is 309 g/mol. The summed E-state index contributed by atoms with van der Waals surface area (Å²) >= 11 is 0. The summed E-state index contributed by atoms with van der Waals surface area (Å²) in [4.78, 5) is 21.3. The van der Waals surface area contributed by atoms with Gasteiger partial charge in [-0.2, -0.15) is 0 Å². The number of aryl methyl sites for hydroxylation is 1. The van der Waals surface area contributed by atoms with E-state index < -0.39 is 0 Å². The zero-order valence-electron chi connectivity index (χ0n) is 13.7. The van der Waals surface area contributed by atoms with Gasteiger partial charge in [-0.1, -0.05) is 44.2 Å². The van der Waals surface area contributed by atoms with Gasteiger partial charge < -0.3 is 5.32 Å². The Morgan fingerprint density at radius 3 is 2.83 bits per heavy atom. The molecule has 1 aromatic heterocycles. The van der Waals surface area contributed by atoms with Crippen molar-refractivity contribution < 1.29 is 4.79 Å². The van der Waals surface area contributed by atoms with Gasteiger partial charge in [-0.25, -0.2) is 9.97 Å². The van der Waals surface area contributed by atoms with Gasteiger partial charge in [0.2, 0.25) is 5.91 Å². The lowest BCUT2D eigenvalue weighted by molar-refractivity contribution is -0.122. The quantitative estimate of drug-likeness (QED) is 0.937. The van der Waals surface area contributed by atoms with Gasteiger partial charge in [0.15, 0.2) is 5.82 Å². The molecule has 1 aromatic carbocycles. The smallest absolute Gasteiger partial charge is 0.220 e. The maximum Gasteiger partial charge on any atom is 0.220 e. The van der Waals surface area contributed by atoms with Crippen molar-refractivity contribution in [3.8, 4) is 11.4 Å². The predicted octanol–water partition coefficient (Wildman–Crippen LogP) is 3.68. The second-order valence-corrected chi connectivity index (χ2v) is 6.57. The van der Waals surface area contributed by atoms with Gasteiger partial charge in [-0.3, -0.25) is 4.79 Å². The molecule has 0 unspecified atom stereocenters. The molecular weight excluding hydrogens is 286 g/mol. The average Bonchev–Trinajstić information content (AvgIpc) is 2.54. The van der Waals surface area contributed by atoms with Crippen molar-refractivity contribution >= 4 is 5.91 Å². The Morgan fingerprint density at radius 2 is 2.09 bits per heavy atom. The van der Waals surface area contributed by atoms with Crippen LogP contribution >= 0.6 is 0 Å². The summed E-state index contributed by atoms with van der Waals surface area (Å²) in [6, 6.07) is 10.1. The van der Waals surface area contributed by atoms with E-state index in [0.29, 0.717) is 12.3 Å². The Hall–Kier alpha value is -2.23. The number of benzene rings is 1. The van der Waals surface area contributed by atoms with Crippen LogP contribution in [0, 0.1) is 5.92 Å². The Bertz CT molecular complexity index is 682. The van der Waals surface area contributed by atoms with Crippen LogP contribution in [0.2, 0.25) is 0 Å². The zero-order valence-corrected chi connectivity index (χ0v) is 13.7. The van der Waals surface area contributed by atoms with Gasteiger partial charge in [0.05, 0.1) is 6.04 Å². The van der Waals surface area contributed by atoms with E-state index in [1.807, 2.05) is 36.5 Å². The van der Waals surface area contributed by atoms with Crippen molar-refractivity contribution in [2.45, 2.75) is 45.6 Å². The Kier molecular flexibility index (Phi) is 4.70. The van der Waals surface area contributed by atoms with Crippen molar-refractivity contribution in [2.24, 2.45) is 5.92 Å². The molecule has 1 amide bonds. The van der Waals surface area contributed by atoms with Crippen LogP contribution in [-0.4, -0.2) is 15.9 Å². The second kappa shape index (κ2) is 6.90. The first-order valence-electron chi connectivity index (χ1n) is 8.34. The van der Waals surface area contributed by atoms with Crippen molar-refractivity contribution in [3.05, 3.63) is 47.8 Å². The van der Waals surface area contributed by atoms with Crippen molar-refractivity contribution in [1.82, 2.24) is 15.3 Å². The fourth-order valence-corrected chi connectivity index (χ4v) is 3.05. The summed E-state index contributed by atoms with van der Waals surface area (Å²) < 4.78 is 0. The van der Waals surface area contributed by atoms with Gasteiger partial charge in [-0.05, 0) is 25.2 Å². The van der Waals surface area contributed by atoms with Crippen LogP contribution in [0.1, 0.15) is 50.4 Å². The number of rotatable bonds is 4. The van der Waals surface area contributed by atoms with Gasteiger partial charge in [-0.15, -0.1) is 0 Å². The molecule has 2 aromatic rings. The number of amides is 1. The molecular formula is C19H23N3O. The minimum absolute atomic E-state index is 0.0508. The molecule has 0 saturated carbocycles. The summed E-state index contributed by atoms with van der Waals surface area (Å²) in [5.74, 6) is 1.25. The van der Waals surface area contributed by atoms with Crippen molar-refractivity contribution in [3.63, 3.8) is 0 Å². The zero-order chi connectivity index (χ0) is 16.2. The Balaban J connectivity index is 1.81. The Morgan fingerprint density at radius 1 is 1.30 bits per heavy atom. The fraction of sp³-hybridized carbons (Fsp3) is 0.421. The summed E-state index contributed by atoms with van der Waals surface area (Å²) in [6.07, 6.45) is 5.42. The minimum Gasteiger partial charge on any atom is -0.349 e. The largest absolute Gasteiger partial charge is 0.349 e. The van der Waals surface area contributed by atoms with E-state index in [1.165, 1.54) is 0 Å².